The van der Waals surface area contributed by atoms with Crippen LogP contribution >= 0.6 is 27.7 Å². The van der Waals surface area contributed by atoms with Crippen LogP contribution in [0.15, 0.2) is 34.7 Å². The molecular weight excluding hydrogens is 224 g/mol. The summed E-state index contributed by atoms with van der Waals surface area (Å²) in [7, 11) is 0. The van der Waals surface area contributed by atoms with Crippen LogP contribution in [0.3, 0.4) is 0 Å². The Bertz CT molecular complexity index is 235. The number of hydrogen-bond acceptors (Lipinski definition) is 3. The molecule has 58 valence electrons. The Labute approximate surface area is 78.3 Å². The summed E-state index contributed by atoms with van der Waals surface area (Å²) < 4.78 is 0.903. The summed E-state index contributed by atoms with van der Waals surface area (Å²) >= 11 is 4.83. The van der Waals surface area contributed by atoms with E-state index in [-0.39, 0.29) is 0 Å². The molecule has 0 aliphatic rings. The zero-order valence-corrected chi connectivity index (χ0v) is 8.23. The molecule has 4 heteroatoms. The van der Waals surface area contributed by atoms with Crippen LogP contribution < -0.4 is 0 Å². The van der Waals surface area contributed by atoms with E-state index in [1.165, 1.54) is 0 Å². The van der Waals surface area contributed by atoms with Crippen molar-refractivity contribution in [2.45, 2.75) is 5.16 Å². The molecule has 0 atom stereocenters. The predicted molar refractivity (Wildman–Crippen MR) is 50.7 cm³/mol. The number of nitrogens with zero attached hydrogens (tertiary/aromatic N) is 2. The van der Waals surface area contributed by atoms with E-state index >= 15 is 0 Å². The fourth-order valence-electron chi connectivity index (χ4n) is 0.508. The summed E-state index contributed by atoms with van der Waals surface area (Å²) in [5.74, 6) is 0.849. The molecule has 0 saturated carbocycles. The van der Waals surface area contributed by atoms with Crippen molar-refractivity contribution in [3.05, 3.63) is 29.5 Å². The van der Waals surface area contributed by atoms with E-state index in [0.717, 1.165) is 15.4 Å². The monoisotopic (exact) mass is 230 g/mol. The third-order valence-electron chi connectivity index (χ3n) is 0.927. The topological polar surface area (TPSA) is 25.8 Å². The van der Waals surface area contributed by atoms with E-state index < -0.39 is 0 Å². The summed E-state index contributed by atoms with van der Waals surface area (Å²) in [6.45, 7) is 3.61. The molecule has 1 aromatic heterocycles. The number of aromatic nitrogens is 2. The summed E-state index contributed by atoms with van der Waals surface area (Å²) in [5.41, 5.74) is 0. The van der Waals surface area contributed by atoms with E-state index in [0.29, 0.717) is 0 Å². The van der Waals surface area contributed by atoms with Crippen LogP contribution in [0.2, 0.25) is 0 Å². The van der Waals surface area contributed by atoms with Crippen LogP contribution in [0.1, 0.15) is 0 Å². The quantitative estimate of drug-likeness (QED) is 0.454. The molecule has 0 fully saturated rings. The Morgan fingerprint density at radius 1 is 1.55 bits per heavy atom. The Balaban J connectivity index is 2.58. The second kappa shape index (κ2) is 4.51. The lowest BCUT2D eigenvalue weighted by Gasteiger charge is -1.94. The lowest BCUT2D eigenvalue weighted by Crippen LogP contribution is -1.84. The molecule has 2 nitrogen and oxygen atoms in total. The van der Waals surface area contributed by atoms with E-state index in [4.69, 9.17) is 0 Å². The molecule has 0 aliphatic carbocycles. The van der Waals surface area contributed by atoms with Crippen molar-refractivity contribution < 1.29 is 0 Å². The van der Waals surface area contributed by atoms with E-state index in [1.807, 2.05) is 6.08 Å². The van der Waals surface area contributed by atoms with Gasteiger partial charge in [-0.05, 0) is 15.9 Å². The van der Waals surface area contributed by atoms with Crippen molar-refractivity contribution >= 4 is 27.7 Å². The molecule has 0 bridgehead atoms. The lowest BCUT2D eigenvalue weighted by molar-refractivity contribution is 0.960. The fraction of sp³-hybridized carbons (Fsp3) is 0.143. The minimum atomic E-state index is 0.785. The average molecular weight is 231 g/mol. The second-order valence-corrected chi connectivity index (χ2v) is 3.69. The van der Waals surface area contributed by atoms with Crippen molar-refractivity contribution in [2.75, 3.05) is 5.75 Å². The van der Waals surface area contributed by atoms with Gasteiger partial charge in [-0.3, -0.25) is 0 Å². The van der Waals surface area contributed by atoms with Gasteiger partial charge < -0.3 is 0 Å². The fourth-order valence-corrected chi connectivity index (χ4v) is 1.23. The molecule has 0 aliphatic heterocycles. The molecule has 0 aromatic carbocycles. The maximum Gasteiger partial charge on any atom is 0.187 e. The molecule has 0 saturated heterocycles. The second-order valence-electron chi connectivity index (χ2n) is 1.78. The lowest BCUT2D eigenvalue weighted by atomic mass is 10.7. The molecule has 0 spiro atoms. The number of thioether (sulfide) groups is 1. The minimum Gasteiger partial charge on any atom is -0.230 e. The van der Waals surface area contributed by atoms with Crippen molar-refractivity contribution in [3.63, 3.8) is 0 Å². The number of halogens is 1. The Hall–Kier alpha value is -0.350. The van der Waals surface area contributed by atoms with Crippen LogP contribution in [-0.4, -0.2) is 15.7 Å². The van der Waals surface area contributed by atoms with Gasteiger partial charge in [0.1, 0.15) is 0 Å². The predicted octanol–water partition coefficient (Wildman–Crippen LogP) is 2.52. The zero-order valence-electron chi connectivity index (χ0n) is 5.83. The van der Waals surface area contributed by atoms with Gasteiger partial charge in [0.15, 0.2) is 5.16 Å². The van der Waals surface area contributed by atoms with Gasteiger partial charge >= 0.3 is 0 Å². The van der Waals surface area contributed by atoms with Gasteiger partial charge in [0.2, 0.25) is 0 Å². The van der Waals surface area contributed by atoms with E-state index in [1.54, 1.807) is 24.2 Å². The van der Waals surface area contributed by atoms with Crippen molar-refractivity contribution in [1.29, 1.82) is 0 Å². The first-order chi connectivity index (χ1) is 5.33. The van der Waals surface area contributed by atoms with Crippen molar-refractivity contribution in [1.82, 2.24) is 9.97 Å². The Kier molecular flexibility index (Phi) is 3.59. The first kappa shape index (κ1) is 8.74. The molecule has 0 unspecified atom stereocenters. The number of rotatable bonds is 3. The third-order valence-corrected chi connectivity index (χ3v) is 2.21. The highest BCUT2D eigenvalue weighted by Gasteiger charge is 1.93. The van der Waals surface area contributed by atoms with Crippen LogP contribution in [0.5, 0.6) is 0 Å². The molecule has 0 radical (unpaired) electrons. The molecule has 1 rings (SSSR count). The number of hydrogen-bond donors (Lipinski definition) is 0. The first-order valence-electron chi connectivity index (χ1n) is 3.04. The summed E-state index contributed by atoms with van der Waals surface area (Å²) in [6, 6.07) is 0. The zero-order chi connectivity index (χ0) is 8.10. The van der Waals surface area contributed by atoms with Gasteiger partial charge in [0, 0.05) is 18.1 Å². The summed E-state index contributed by atoms with van der Waals surface area (Å²) in [4.78, 5) is 8.15. The molecule has 0 N–H and O–H groups in total. The maximum atomic E-state index is 4.07. The Morgan fingerprint density at radius 3 is 2.73 bits per heavy atom. The van der Waals surface area contributed by atoms with Gasteiger partial charge in [0.05, 0.1) is 4.47 Å². The molecule has 0 amide bonds. The third kappa shape index (κ3) is 3.03. The van der Waals surface area contributed by atoms with Gasteiger partial charge in [-0.1, -0.05) is 17.8 Å². The maximum absolute atomic E-state index is 4.07. The summed E-state index contributed by atoms with van der Waals surface area (Å²) in [5, 5.41) is 0.785. The Morgan fingerprint density at radius 2 is 2.18 bits per heavy atom. The van der Waals surface area contributed by atoms with Crippen molar-refractivity contribution in [2.24, 2.45) is 0 Å². The smallest absolute Gasteiger partial charge is 0.187 e. The van der Waals surface area contributed by atoms with Crippen LogP contribution in [0.25, 0.3) is 0 Å². The normalized spacial score (nSPS) is 9.55. The molecule has 1 aromatic rings. The van der Waals surface area contributed by atoms with Gasteiger partial charge in [0.25, 0.3) is 0 Å². The van der Waals surface area contributed by atoms with Crippen LogP contribution in [0.4, 0.5) is 0 Å². The largest absolute Gasteiger partial charge is 0.230 e. The first-order valence-corrected chi connectivity index (χ1v) is 4.82. The average Bonchev–Trinajstić information content (AvgIpc) is 2.04. The van der Waals surface area contributed by atoms with Gasteiger partial charge in [-0.15, -0.1) is 6.58 Å². The van der Waals surface area contributed by atoms with Crippen LogP contribution in [0, 0.1) is 0 Å². The van der Waals surface area contributed by atoms with Crippen molar-refractivity contribution in [3.8, 4) is 0 Å². The van der Waals surface area contributed by atoms with Crippen LogP contribution in [-0.2, 0) is 0 Å². The SMILES string of the molecule is C=CCSc1ncc(Br)cn1. The van der Waals surface area contributed by atoms with E-state index in [9.17, 15) is 0 Å². The summed E-state index contributed by atoms with van der Waals surface area (Å²) in [6.07, 6.45) is 5.30. The van der Waals surface area contributed by atoms with E-state index in [2.05, 4.69) is 32.5 Å². The minimum absolute atomic E-state index is 0.785. The highest BCUT2D eigenvalue weighted by Crippen LogP contribution is 2.13. The molecular formula is C7H7BrN2S. The highest BCUT2D eigenvalue weighted by atomic mass is 79.9. The van der Waals surface area contributed by atoms with Gasteiger partial charge in [-0.25, -0.2) is 9.97 Å². The molecule has 1 heterocycles. The standard InChI is InChI=1S/C7H7BrN2S/c1-2-3-11-7-9-4-6(8)5-10-7/h2,4-5H,1,3H2. The molecule has 11 heavy (non-hydrogen) atoms. The van der Waals surface area contributed by atoms with Gasteiger partial charge in [-0.2, -0.15) is 0 Å². The highest BCUT2D eigenvalue weighted by molar-refractivity contribution is 9.10.